The van der Waals surface area contributed by atoms with Gasteiger partial charge in [-0.1, -0.05) is 27.7 Å². The lowest BCUT2D eigenvalue weighted by Gasteiger charge is -2.34. The van der Waals surface area contributed by atoms with Crippen LogP contribution in [0.4, 0.5) is 0 Å². The van der Waals surface area contributed by atoms with Crippen LogP contribution in [0.15, 0.2) is 0 Å². The smallest absolute Gasteiger partial charge is 0.0716 e. The van der Waals surface area contributed by atoms with Gasteiger partial charge in [-0.2, -0.15) is 0 Å². The van der Waals surface area contributed by atoms with Gasteiger partial charge < -0.3 is 10.8 Å². The maximum Gasteiger partial charge on any atom is 0.0716 e. The lowest BCUT2D eigenvalue weighted by atomic mass is 9.79. The summed E-state index contributed by atoms with van der Waals surface area (Å²) in [6.07, 6.45) is 1.83. The summed E-state index contributed by atoms with van der Waals surface area (Å²) in [5.41, 5.74) is 5.71. The van der Waals surface area contributed by atoms with Crippen LogP contribution in [0, 0.1) is 11.8 Å². The second kappa shape index (κ2) is 5.55. The monoisotopic (exact) mass is 173 g/mol. The van der Waals surface area contributed by atoms with E-state index in [0.29, 0.717) is 11.8 Å². The molecule has 0 aromatic heterocycles. The maximum atomic E-state index is 9.44. The van der Waals surface area contributed by atoms with Crippen LogP contribution in [0.2, 0.25) is 0 Å². The molecule has 0 spiro atoms. The van der Waals surface area contributed by atoms with E-state index in [2.05, 4.69) is 13.8 Å². The molecule has 3 N–H and O–H groups in total. The van der Waals surface area contributed by atoms with Crippen LogP contribution >= 0.6 is 0 Å². The molecule has 0 aromatic carbocycles. The first kappa shape index (κ1) is 11.9. The number of aliphatic hydroxyl groups is 1. The zero-order chi connectivity index (χ0) is 9.72. The van der Waals surface area contributed by atoms with Crippen LogP contribution < -0.4 is 5.73 Å². The molecule has 2 nitrogen and oxygen atoms in total. The number of hydrogen-bond acceptors (Lipinski definition) is 2. The van der Waals surface area contributed by atoms with E-state index in [0.717, 1.165) is 12.8 Å². The van der Waals surface area contributed by atoms with Crippen LogP contribution in [0.1, 0.15) is 40.5 Å². The van der Waals surface area contributed by atoms with Gasteiger partial charge >= 0.3 is 0 Å². The molecule has 1 aliphatic rings. The summed E-state index contributed by atoms with van der Waals surface area (Å²) >= 11 is 0. The largest absolute Gasteiger partial charge is 0.391 e. The maximum absolute atomic E-state index is 9.44. The molecule has 0 aliphatic heterocycles. The molecule has 12 heavy (non-hydrogen) atoms. The van der Waals surface area contributed by atoms with Gasteiger partial charge in [-0.15, -0.1) is 0 Å². The van der Waals surface area contributed by atoms with Crippen LogP contribution in [0.3, 0.4) is 0 Å². The number of rotatable bonds is 0. The van der Waals surface area contributed by atoms with Crippen LogP contribution in [-0.2, 0) is 0 Å². The Morgan fingerprint density at radius 1 is 1.17 bits per heavy atom. The van der Waals surface area contributed by atoms with Crippen molar-refractivity contribution < 1.29 is 5.11 Å². The molecule has 1 aliphatic carbocycles. The van der Waals surface area contributed by atoms with Crippen molar-refractivity contribution in [3.63, 3.8) is 0 Å². The van der Waals surface area contributed by atoms with Crippen molar-refractivity contribution in [1.29, 1.82) is 0 Å². The third-order valence-corrected chi connectivity index (χ3v) is 2.47. The predicted octanol–water partition coefficient (Wildman–Crippen LogP) is 1.77. The molecular weight excluding hydrogens is 150 g/mol. The minimum atomic E-state index is -0.267. The summed E-state index contributed by atoms with van der Waals surface area (Å²) in [6.45, 7) is 8.27. The van der Waals surface area contributed by atoms with Crippen molar-refractivity contribution in [3.05, 3.63) is 0 Å². The van der Waals surface area contributed by atoms with E-state index >= 15 is 0 Å². The zero-order valence-electron chi connectivity index (χ0n) is 8.75. The Bertz CT molecular complexity index is 104. The molecule has 1 fully saturated rings. The second-order valence-electron chi connectivity index (χ2n) is 3.71. The summed E-state index contributed by atoms with van der Waals surface area (Å²) in [7, 11) is 0. The fourth-order valence-corrected chi connectivity index (χ4v) is 1.90. The van der Waals surface area contributed by atoms with Crippen molar-refractivity contribution in [2.45, 2.75) is 52.7 Å². The highest BCUT2D eigenvalue weighted by atomic mass is 16.3. The fraction of sp³-hybridized carbons (Fsp3) is 1.00. The van der Waals surface area contributed by atoms with Crippen molar-refractivity contribution >= 4 is 0 Å². The van der Waals surface area contributed by atoms with Crippen LogP contribution in [0.5, 0.6) is 0 Å². The van der Waals surface area contributed by atoms with Gasteiger partial charge in [0.1, 0.15) is 0 Å². The van der Waals surface area contributed by atoms with Gasteiger partial charge in [0.05, 0.1) is 6.10 Å². The summed E-state index contributed by atoms with van der Waals surface area (Å²) in [4.78, 5) is 0. The van der Waals surface area contributed by atoms with Crippen molar-refractivity contribution in [2.24, 2.45) is 17.6 Å². The Morgan fingerprint density at radius 3 is 2.08 bits per heavy atom. The molecule has 1 saturated carbocycles. The topological polar surface area (TPSA) is 46.2 Å². The SMILES string of the molecule is CC.CC1CC(C)C(O)C(N)C1. The van der Waals surface area contributed by atoms with Gasteiger partial charge in [-0.25, -0.2) is 0 Å². The van der Waals surface area contributed by atoms with E-state index in [4.69, 9.17) is 5.73 Å². The van der Waals surface area contributed by atoms with Crippen molar-refractivity contribution in [3.8, 4) is 0 Å². The molecule has 0 aromatic rings. The summed E-state index contributed by atoms with van der Waals surface area (Å²) in [5.74, 6) is 1.08. The number of hydrogen-bond donors (Lipinski definition) is 2. The van der Waals surface area contributed by atoms with E-state index in [1.165, 1.54) is 0 Å². The van der Waals surface area contributed by atoms with Crippen molar-refractivity contribution in [1.82, 2.24) is 0 Å². The number of nitrogens with two attached hydrogens (primary N) is 1. The average Bonchev–Trinajstić information content (AvgIpc) is 2.04. The van der Waals surface area contributed by atoms with Gasteiger partial charge in [-0.3, -0.25) is 0 Å². The van der Waals surface area contributed by atoms with Gasteiger partial charge in [0.2, 0.25) is 0 Å². The zero-order valence-corrected chi connectivity index (χ0v) is 8.75. The minimum absolute atomic E-state index is 0.0127. The van der Waals surface area contributed by atoms with E-state index in [1.54, 1.807) is 0 Å². The molecule has 2 heteroatoms. The highest BCUT2D eigenvalue weighted by molar-refractivity contribution is 4.84. The second-order valence-corrected chi connectivity index (χ2v) is 3.71. The Labute approximate surface area is 76.2 Å². The quantitative estimate of drug-likeness (QED) is 0.586. The number of aliphatic hydroxyl groups excluding tert-OH is 1. The molecule has 4 atom stereocenters. The third-order valence-electron chi connectivity index (χ3n) is 2.47. The molecule has 4 unspecified atom stereocenters. The van der Waals surface area contributed by atoms with E-state index in [9.17, 15) is 5.11 Å². The molecule has 0 saturated heterocycles. The van der Waals surface area contributed by atoms with Crippen LogP contribution in [0.25, 0.3) is 0 Å². The normalized spacial score (nSPS) is 41.5. The van der Waals surface area contributed by atoms with Crippen molar-refractivity contribution in [2.75, 3.05) is 0 Å². The molecule has 0 amide bonds. The molecule has 0 radical (unpaired) electrons. The minimum Gasteiger partial charge on any atom is -0.391 e. The highest BCUT2D eigenvalue weighted by Gasteiger charge is 2.29. The van der Waals surface area contributed by atoms with E-state index < -0.39 is 0 Å². The molecule has 1 rings (SSSR count). The Hall–Kier alpha value is -0.0800. The third kappa shape index (κ3) is 3.11. The lowest BCUT2D eigenvalue weighted by Crippen LogP contribution is -2.44. The van der Waals surface area contributed by atoms with Gasteiger partial charge in [0.25, 0.3) is 0 Å². The van der Waals surface area contributed by atoms with E-state index in [-0.39, 0.29) is 12.1 Å². The molecule has 0 heterocycles. The van der Waals surface area contributed by atoms with E-state index in [1.807, 2.05) is 13.8 Å². The standard InChI is InChI=1S/C8H17NO.C2H6/c1-5-3-6(2)8(10)7(9)4-5;1-2/h5-8,10H,3-4,9H2,1-2H3;1-2H3. The average molecular weight is 173 g/mol. The predicted molar refractivity (Wildman–Crippen MR) is 52.9 cm³/mol. The first-order chi connectivity index (χ1) is 5.61. The van der Waals surface area contributed by atoms with Crippen LogP contribution in [-0.4, -0.2) is 17.3 Å². The molecule has 0 bridgehead atoms. The Kier molecular flexibility index (Phi) is 5.51. The summed E-state index contributed by atoms with van der Waals surface area (Å²) < 4.78 is 0. The summed E-state index contributed by atoms with van der Waals surface area (Å²) in [6, 6.07) is 0.0127. The van der Waals surface area contributed by atoms with Gasteiger partial charge in [-0.05, 0) is 24.7 Å². The molecular formula is C10H23NO. The first-order valence-electron chi connectivity index (χ1n) is 5.05. The first-order valence-corrected chi connectivity index (χ1v) is 5.05. The summed E-state index contributed by atoms with van der Waals surface area (Å²) in [5, 5.41) is 9.44. The van der Waals surface area contributed by atoms with Gasteiger partial charge in [0.15, 0.2) is 0 Å². The fourth-order valence-electron chi connectivity index (χ4n) is 1.90. The molecule has 74 valence electrons. The lowest BCUT2D eigenvalue weighted by molar-refractivity contribution is 0.0420. The Morgan fingerprint density at radius 2 is 1.67 bits per heavy atom. The Balaban J connectivity index is 0.000000561. The van der Waals surface area contributed by atoms with Gasteiger partial charge in [0, 0.05) is 6.04 Å². The highest BCUT2D eigenvalue weighted by Crippen LogP contribution is 2.27.